The SMILES string of the molecule is Cc1cc2nccc(N3CC(C)(CCN(C)S(N)(=O)=O)C3)c2cc1C. The highest BCUT2D eigenvalue weighted by atomic mass is 32.2. The molecule has 2 N–H and O–H groups in total. The molecule has 7 heteroatoms. The fourth-order valence-corrected chi connectivity index (χ4v) is 3.77. The van der Waals surface area contributed by atoms with Crippen LogP contribution in [0.25, 0.3) is 10.9 Å². The van der Waals surface area contributed by atoms with Gasteiger partial charge >= 0.3 is 0 Å². The molecule has 136 valence electrons. The summed E-state index contributed by atoms with van der Waals surface area (Å²) in [5, 5.41) is 6.33. The summed E-state index contributed by atoms with van der Waals surface area (Å²) in [5.74, 6) is 0. The molecule has 0 amide bonds. The van der Waals surface area contributed by atoms with Crippen molar-refractivity contribution >= 4 is 26.8 Å². The molecule has 0 radical (unpaired) electrons. The number of anilines is 1. The van der Waals surface area contributed by atoms with E-state index < -0.39 is 10.2 Å². The van der Waals surface area contributed by atoms with Crippen molar-refractivity contribution in [3.05, 3.63) is 35.5 Å². The number of nitrogens with two attached hydrogens (primary N) is 1. The first-order valence-electron chi connectivity index (χ1n) is 8.44. The van der Waals surface area contributed by atoms with Gasteiger partial charge in [-0.3, -0.25) is 4.98 Å². The van der Waals surface area contributed by atoms with E-state index in [0.717, 1.165) is 25.0 Å². The second-order valence-corrected chi connectivity index (χ2v) is 9.22. The Hall–Kier alpha value is -1.70. The average Bonchev–Trinajstić information content (AvgIpc) is 2.49. The molecule has 0 unspecified atom stereocenters. The Labute approximate surface area is 149 Å². The first kappa shape index (κ1) is 18.1. The third-order valence-electron chi connectivity index (χ3n) is 5.28. The van der Waals surface area contributed by atoms with Gasteiger partial charge in [-0.1, -0.05) is 6.92 Å². The minimum atomic E-state index is -3.60. The normalized spacial score (nSPS) is 17.1. The minimum Gasteiger partial charge on any atom is -0.370 e. The van der Waals surface area contributed by atoms with Crippen LogP contribution in [0.4, 0.5) is 5.69 Å². The number of hydrogen-bond donors (Lipinski definition) is 1. The molecule has 1 aliphatic rings. The standard InChI is InChI=1S/C18H26N4O2S/c1-13-9-15-16(10-14(13)2)20-7-5-17(15)22-11-18(3,12-22)6-8-21(4)25(19,23)24/h5,7,9-10H,6,8,11-12H2,1-4H3,(H2,19,23,24). The van der Waals surface area contributed by atoms with Gasteiger partial charge in [-0.25, -0.2) is 5.14 Å². The number of pyridine rings is 1. The molecule has 2 aromatic rings. The van der Waals surface area contributed by atoms with Crippen LogP contribution >= 0.6 is 0 Å². The first-order valence-corrected chi connectivity index (χ1v) is 9.94. The predicted molar refractivity (Wildman–Crippen MR) is 102 cm³/mol. The maximum Gasteiger partial charge on any atom is 0.276 e. The van der Waals surface area contributed by atoms with Gasteiger partial charge in [0.05, 0.1) is 5.52 Å². The number of hydrogen-bond acceptors (Lipinski definition) is 4. The molecule has 0 spiro atoms. The molecule has 0 aliphatic carbocycles. The van der Waals surface area contributed by atoms with Gasteiger partial charge in [0.1, 0.15) is 0 Å². The number of aryl methyl sites for hydroxylation is 2. The summed E-state index contributed by atoms with van der Waals surface area (Å²) in [6, 6.07) is 6.40. The van der Waals surface area contributed by atoms with Crippen LogP contribution in [0.1, 0.15) is 24.5 Å². The Morgan fingerprint density at radius 2 is 1.92 bits per heavy atom. The predicted octanol–water partition coefficient (Wildman–Crippen LogP) is 2.20. The van der Waals surface area contributed by atoms with Crippen LogP contribution in [-0.2, 0) is 10.2 Å². The van der Waals surface area contributed by atoms with Gasteiger partial charge in [-0.2, -0.15) is 12.7 Å². The molecule has 0 atom stereocenters. The number of nitrogens with zero attached hydrogens (tertiary/aromatic N) is 3. The summed E-state index contributed by atoms with van der Waals surface area (Å²) < 4.78 is 23.9. The molecule has 0 bridgehead atoms. The van der Waals surface area contributed by atoms with E-state index in [4.69, 9.17) is 5.14 Å². The highest BCUT2D eigenvalue weighted by Gasteiger charge is 2.39. The topological polar surface area (TPSA) is 79.5 Å². The van der Waals surface area contributed by atoms with E-state index in [0.29, 0.717) is 6.54 Å². The monoisotopic (exact) mass is 362 g/mol. The summed E-state index contributed by atoms with van der Waals surface area (Å²) in [6.07, 6.45) is 2.65. The van der Waals surface area contributed by atoms with E-state index in [1.807, 2.05) is 6.20 Å². The van der Waals surface area contributed by atoms with Crippen LogP contribution in [0.3, 0.4) is 0 Å². The lowest BCUT2D eigenvalue weighted by molar-refractivity contribution is 0.209. The zero-order valence-electron chi connectivity index (χ0n) is 15.3. The summed E-state index contributed by atoms with van der Waals surface area (Å²) in [4.78, 5) is 6.84. The number of fused-ring (bicyclic) bond motifs is 1. The van der Waals surface area contributed by atoms with Crippen molar-refractivity contribution in [1.29, 1.82) is 0 Å². The molecular weight excluding hydrogens is 336 g/mol. The van der Waals surface area contributed by atoms with E-state index in [1.165, 1.54) is 33.6 Å². The largest absolute Gasteiger partial charge is 0.370 e. The molecule has 0 saturated carbocycles. The van der Waals surface area contributed by atoms with Crippen molar-refractivity contribution in [2.45, 2.75) is 27.2 Å². The molecule has 6 nitrogen and oxygen atoms in total. The second kappa shape index (κ2) is 6.23. The molecule has 1 aliphatic heterocycles. The average molecular weight is 362 g/mol. The van der Waals surface area contributed by atoms with Gasteiger partial charge in [0, 0.05) is 49.4 Å². The van der Waals surface area contributed by atoms with E-state index in [-0.39, 0.29) is 5.41 Å². The molecule has 1 fully saturated rings. The number of benzene rings is 1. The summed E-state index contributed by atoms with van der Waals surface area (Å²) in [5.41, 5.74) is 4.82. The Kier molecular flexibility index (Phi) is 4.51. The summed E-state index contributed by atoms with van der Waals surface area (Å²) >= 11 is 0. The Bertz CT molecular complexity index is 905. The van der Waals surface area contributed by atoms with Crippen LogP contribution in [0.2, 0.25) is 0 Å². The fourth-order valence-electron chi connectivity index (χ4n) is 3.42. The van der Waals surface area contributed by atoms with Crippen molar-refractivity contribution in [3.8, 4) is 0 Å². The van der Waals surface area contributed by atoms with Gasteiger partial charge in [0.25, 0.3) is 10.2 Å². The Morgan fingerprint density at radius 1 is 1.28 bits per heavy atom. The summed E-state index contributed by atoms with van der Waals surface area (Å²) in [6.45, 7) is 8.66. The molecule has 1 aromatic heterocycles. The van der Waals surface area contributed by atoms with Crippen molar-refractivity contribution < 1.29 is 8.42 Å². The molecular formula is C18H26N4O2S. The van der Waals surface area contributed by atoms with Gasteiger partial charge in [-0.05, 0) is 49.6 Å². The number of aromatic nitrogens is 1. The van der Waals surface area contributed by atoms with E-state index in [2.05, 4.69) is 48.9 Å². The minimum absolute atomic E-state index is 0.0916. The first-order chi connectivity index (χ1) is 11.6. The third-order valence-corrected chi connectivity index (χ3v) is 6.34. The Balaban J connectivity index is 1.74. The second-order valence-electron chi connectivity index (χ2n) is 7.57. The van der Waals surface area contributed by atoms with Crippen LogP contribution in [0, 0.1) is 19.3 Å². The van der Waals surface area contributed by atoms with Crippen molar-refractivity contribution in [2.24, 2.45) is 10.6 Å². The lowest BCUT2D eigenvalue weighted by Crippen LogP contribution is -2.56. The maximum absolute atomic E-state index is 11.3. The molecule has 3 rings (SSSR count). The maximum atomic E-state index is 11.3. The van der Waals surface area contributed by atoms with Gasteiger partial charge in [0.15, 0.2) is 0 Å². The quantitative estimate of drug-likeness (QED) is 0.884. The highest BCUT2D eigenvalue weighted by Crippen LogP contribution is 2.39. The van der Waals surface area contributed by atoms with Crippen LogP contribution in [-0.4, -0.2) is 44.4 Å². The van der Waals surface area contributed by atoms with Crippen molar-refractivity contribution in [1.82, 2.24) is 9.29 Å². The highest BCUT2D eigenvalue weighted by molar-refractivity contribution is 7.86. The van der Waals surface area contributed by atoms with Crippen LogP contribution in [0.15, 0.2) is 24.4 Å². The van der Waals surface area contributed by atoms with E-state index in [1.54, 1.807) is 0 Å². The zero-order valence-corrected chi connectivity index (χ0v) is 16.1. The molecule has 1 saturated heterocycles. The summed E-state index contributed by atoms with van der Waals surface area (Å²) in [7, 11) is -2.08. The smallest absolute Gasteiger partial charge is 0.276 e. The number of rotatable bonds is 5. The van der Waals surface area contributed by atoms with Gasteiger partial charge in [-0.15, -0.1) is 0 Å². The lowest BCUT2D eigenvalue weighted by Gasteiger charge is -2.50. The van der Waals surface area contributed by atoms with Gasteiger partial charge < -0.3 is 4.90 Å². The van der Waals surface area contributed by atoms with Crippen molar-refractivity contribution in [2.75, 3.05) is 31.6 Å². The molecule has 1 aromatic carbocycles. The van der Waals surface area contributed by atoms with Crippen molar-refractivity contribution in [3.63, 3.8) is 0 Å². The van der Waals surface area contributed by atoms with E-state index >= 15 is 0 Å². The molecule has 25 heavy (non-hydrogen) atoms. The lowest BCUT2D eigenvalue weighted by atomic mass is 9.78. The fraction of sp³-hybridized carbons (Fsp3) is 0.500. The van der Waals surface area contributed by atoms with E-state index in [9.17, 15) is 8.42 Å². The molecule has 2 heterocycles. The van der Waals surface area contributed by atoms with Gasteiger partial charge in [0.2, 0.25) is 0 Å². The van der Waals surface area contributed by atoms with Crippen LogP contribution in [0.5, 0.6) is 0 Å². The Morgan fingerprint density at radius 3 is 2.56 bits per heavy atom. The van der Waals surface area contributed by atoms with Crippen LogP contribution < -0.4 is 10.0 Å². The zero-order chi connectivity index (χ0) is 18.4. The third kappa shape index (κ3) is 3.63.